The zero-order valence-corrected chi connectivity index (χ0v) is 6.14. The van der Waals surface area contributed by atoms with Crippen molar-refractivity contribution in [2.75, 3.05) is 5.73 Å². The topological polar surface area (TPSA) is 39.2 Å². The summed E-state index contributed by atoms with van der Waals surface area (Å²) in [5, 5.41) is 0. The van der Waals surface area contributed by atoms with Gasteiger partial charge >= 0.3 is 0 Å². The second kappa shape index (κ2) is 4.01. The Kier molecular flexibility index (Phi) is 3.60. The molecular formula is C7H13NO. The van der Waals surface area contributed by atoms with Crippen molar-refractivity contribution >= 4 is 5.88 Å². The van der Waals surface area contributed by atoms with E-state index in [-0.39, 0.29) is 0 Å². The van der Waals surface area contributed by atoms with Gasteiger partial charge in [-0.1, -0.05) is 13.8 Å². The molecule has 52 valence electrons. The van der Waals surface area contributed by atoms with Crippen molar-refractivity contribution in [3.8, 4) is 0 Å². The standard InChI is InChI=1S/C5H7NO.C2H6/c1-4-2-5(6)7-3-4;1-2/h2-3H,6H2,1H3;1-2H3. The van der Waals surface area contributed by atoms with Crippen LogP contribution >= 0.6 is 0 Å². The highest BCUT2D eigenvalue weighted by Gasteiger charge is 1.86. The van der Waals surface area contributed by atoms with Crippen molar-refractivity contribution in [2.24, 2.45) is 0 Å². The maximum Gasteiger partial charge on any atom is 0.190 e. The Balaban J connectivity index is 0.000000291. The van der Waals surface area contributed by atoms with Crippen LogP contribution in [0, 0.1) is 6.92 Å². The maximum absolute atomic E-state index is 5.21. The van der Waals surface area contributed by atoms with E-state index < -0.39 is 0 Å². The summed E-state index contributed by atoms with van der Waals surface area (Å²) in [6, 6.07) is 1.78. The number of nitrogens with two attached hydrogens (primary N) is 1. The minimum Gasteiger partial charge on any atom is -0.449 e. The molecule has 0 spiro atoms. The SMILES string of the molecule is CC.Cc1coc(N)c1. The molecule has 0 fully saturated rings. The van der Waals surface area contributed by atoms with Crippen LogP contribution in [0.4, 0.5) is 5.88 Å². The molecule has 2 heteroatoms. The fraction of sp³-hybridized carbons (Fsp3) is 0.429. The summed E-state index contributed by atoms with van der Waals surface area (Å²) in [5.74, 6) is 0.484. The van der Waals surface area contributed by atoms with Gasteiger partial charge in [0.25, 0.3) is 0 Å². The molecule has 1 aromatic heterocycles. The van der Waals surface area contributed by atoms with E-state index in [4.69, 9.17) is 10.2 Å². The van der Waals surface area contributed by atoms with E-state index in [9.17, 15) is 0 Å². The molecule has 0 aliphatic rings. The van der Waals surface area contributed by atoms with E-state index in [1.807, 2.05) is 20.8 Å². The molecule has 9 heavy (non-hydrogen) atoms. The fourth-order valence-electron chi connectivity index (χ4n) is 0.453. The molecule has 0 saturated carbocycles. The van der Waals surface area contributed by atoms with Gasteiger partial charge in [0.05, 0.1) is 6.26 Å². The van der Waals surface area contributed by atoms with Crippen LogP contribution in [-0.2, 0) is 0 Å². The smallest absolute Gasteiger partial charge is 0.190 e. The summed E-state index contributed by atoms with van der Waals surface area (Å²) in [4.78, 5) is 0. The zero-order valence-electron chi connectivity index (χ0n) is 6.14. The minimum atomic E-state index is 0.484. The minimum absolute atomic E-state index is 0.484. The second-order valence-corrected chi connectivity index (χ2v) is 1.53. The lowest BCUT2D eigenvalue weighted by Crippen LogP contribution is -1.75. The normalized spacial score (nSPS) is 7.89. The molecule has 0 aliphatic carbocycles. The molecule has 0 bridgehead atoms. The van der Waals surface area contributed by atoms with Crippen molar-refractivity contribution in [3.63, 3.8) is 0 Å². The highest BCUT2D eigenvalue weighted by Crippen LogP contribution is 2.05. The number of hydrogen-bond acceptors (Lipinski definition) is 2. The van der Waals surface area contributed by atoms with Gasteiger partial charge < -0.3 is 10.2 Å². The summed E-state index contributed by atoms with van der Waals surface area (Å²) in [5.41, 5.74) is 6.28. The van der Waals surface area contributed by atoms with Gasteiger partial charge in [0.15, 0.2) is 5.88 Å². The fourth-order valence-corrected chi connectivity index (χ4v) is 0.453. The average Bonchev–Trinajstić information content (AvgIpc) is 2.20. The molecule has 1 aromatic rings. The van der Waals surface area contributed by atoms with E-state index in [0.717, 1.165) is 5.56 Å². The summed E-state index contributed by atoms with van der Waals surface area (Å²) in [6.07, 6.45) is 1.62. The summed E-state index contributed by atoms with van der Waals surface area (Å²) in [6.45, 7) is 5.93. The molecule has 0 amide bonds. The lowest BCUT2D eigenvalue weighted by atomic mass is 10.4. The number of rotatable bonds is 0. The molecule has 0 unspecified atom stereocenters. The van der Waals surface area contributed by atoms with Crippen molar-refractivity contribution in [3.05, 3.63) is 17.9 Å². The largest absolute Gasteiger partial charge is 0.449 e. The van der Waals surface area contributed by atoms with Gasteiger partial charge in [-0.05, 0) is 12.5 Å². The lowest BCUT2D eigenvalue weighted by Gasteiger charge is -1.71. The Hall–Kier alpha value is -0.920. The molecule has 1 heterocycles. The third-order valence-electron chi connectivity index (χ3n) is 0.751. The first-order valence-corrected chi connectivity index (χ1v) is 3.09. The molecular weight excluding hydrogens is 114 g/mol. The number of anilines is 1. The Morgan fingerprint density at radius 2 is 2.00 bits per heavy atom. The van der Waals surface area contributed by atoms with Crippen molar-refractivity contribution in [1.29, 1.82) is 0 Å². The lowest BCUT2D eigenvalue weighted by molar-refractivity contribution is 0.585. The van der Waals surface area contributed by atoms with Crippen LogP contribution in [0.2, 0.25) is 0 Å². The predicted molar refractivity (Wildman–Crippen MR) is 39.2 cm³/mol. The first-order valence-electron chi connectivity index (χ1n) is 3.09. The Morgan fingerprint density at radius 1 is 1.44 bits per heavy atom. The van der Waals surface area contributed by atoms with Crippen molar-refractivity contribution in [2.45, 2.75) is 20.8 Å². The molecule has 0 saturated heterocycles. The second-order valence-electron chi connectivity index (χ2n) is 1.53. The van der Waals surface area contributed by atoms with Crippen molar-refractivity contribution < 1.29 is 4.42 Å². The quantitative estimate of drug-likeness (QED) is 0.580. The monoisotopic (exact) mass is 127 g/mol. The highest BCUT2D eigenvalue weighted by atomic mass is 16.3. The molecule has 0 radical (unpaired) electrons. The summed E-state index contributed by atoms with van der Waals surface area (Å²) in [7, 11) is 0. The van der Waals surface area contributed by atoms with Crippen LogP contribution in [0.5, 0.6) is 0 Å². The van der Waals surface area contributed by atoms with Crippen LogP contribution in [-0.4, -0.2) is 0 Å². The molecule has 0 aromatic carbocycles. The molecule has 2 nitrogen and oxygen atoms in total. The van der Waals surface area contributed by atoms with Crippen LogP contribution in [0.15, 0.2) is 16.7 Å². The van der Waals surface area contributed by atoms with E-state index in [0.29, 0.717) is 5.88 Å². The highest BCUT2D eigenvalue weighted by molar-refractivity contribution is 5.27. The number of hydrogen-bond donors (Lipinski definition) is 1. The van der Waals surface area contributed by atoms with Gasteiger partial charge in [0.1, 0.15) is 0 Å². The van der Waals surface area contributed by atoms with Crippen LogP contribution in [0.25, 0.3) is 0 Å². The number of furan rings is 1. The van der Waals surface area contributed by atoms with Crippen molar-refractivity contribution in [1.82, 2.24) is 0 Å². The molecule has 2 N–H and O–H groups in total. The predicted octanol–water partition coefficient (Wildman–Crippen LogP) is 2.20. The van der Waals surface area contributed by atoms with E-state index in [1.165, 1.54) is 0 Å². The zero-order chi connectivity index (χ0) is 7.28. The first-order chi connectivity index (χ1) is 4.29. The third-order valence-corrected chi connectivity index (χ3v) is 0.751. The van der Waals surface area contributed by atoms with Crippen LogP contribution < -0.4 is 5.73 Å². The van der Waals surface area contributed by atoms with Gasteiger partial charge in [-0.3, -0.25) is 0 Å². The van der Waals surface area contributed by atoms with Gasteiger partial charge in [-0.15, -0.1) is 0 Å². The van der Waals surface area contributed by atoms with Gasteiger partial charge in [0.2, 0.25) is 0 Å². The first kappa shape index (κ1) is 8.08. The molecule has 0 aliphatic heterocycles. The van der Waals surface area contributed by atoms with Crippen LogP contribution in [0.3, 0.4) is 0 Å². The van der Waals surface area contributed by atoms with E-state index in [1.54, 1.807) is 12.3 Å². The average molecular weight is 127 g/mol. The van der Waals surface area contributed by atoms with Crippen LogP contribution in [0.1, 0.15) is 19.4 Å². The van der Waals surface area contributed by atoms with Gasteiger partial charge in [-0.25, -0.2) is 0 Å². The Labute approximate surface area is 55.7 Å². The Morgan fingerprint density at radius 3 is 2.11 bits per heavy atom. The van der Waals surface area contributed by atoms with E-state index in [2.05, 4.69) is 0 Å². The number of aryl methyl sites for hydroxylation is 1. The Bertz CT molecular complexity index is 141. The molecule has 0 atom stereocenters. The van der Waals surface area contributed by atoms with Gasteiger partial charge in [0, 0.05) is 6.07 Å². The third kappa shape index (κ3) is 2.80. The number of nitrogen functional groups attached to an aromatic ring is 1. The van der Waals surface area contributed by atoms with E-state index >= 15 is 0 Å². The summed E-state index contributed by atoms with van der Waals surface area (Å²) >= 11 is 0. The molecule has 1 rings (SSSR count). The van der Waals surface area contributed by atoms with Gasteiger partial charge in [-0.2, -0.15) is 0 Å². The summed E-state index contributed by atoms with van der Waals surface area (Å²) < 4.78 is 4.74. The maximum atomic E-state index is 5.21.